The normalized spacial score (nSPS) is 11.1. The number of halogens is 1. The second-order valence-electron chi connectivity index (χ2n) is 4.43. The van der Waals surface area contributed by atoms with E-state index in [1.165, 1.54) is 12.1 Å². The zero-order valence-electron chi connectivity index (χ0n) is 11.1. The molecule has 7 heteroatoms. The molecule has 0 aliphatic heterocycles. The first-order valence-electron chi connectivity index (χ1n) is 5.99. The number of nitrogens with two attached hydrogens (primary N) is 1. The molecule has 2 aromatic carbocycles. The molecule has 0 aromatic heterocycles. The van der Waals surface area contributed by atoms with Crippen LogP contribution in [0.2, 0.25) is 0 Å². The molecule has 0 spiro atoms. The Morgan fingerprint density at radius 3 is 2.48 bits per heavy atom. The average Bonchev–Trinajstić information content (AvgIpc) is 2.40. The monoisotopic (exact) mass is 308 g/mol. The lowest BCUT2D eigenvalue weighted by atomic mass is 10.2. The summed E-state index contributed by atoms with van der Waals surface area (Å²) in [6.45, 7) is 1.66. The molecular weight excluding hydrogens is 295 g/mol. The summed E-state index contributed by atoms with van der Waals surface area (Å²) in [6.07, 6.45) is 0. The van der Waals surface area contributed by atoms with Crippen molar-refractivity contribution in [2.75, 3.05) is 4.72 Å². The standard InChI is InChI=1S/C14H13FN2O3S/c1-9-4-2-3-5-13(9)21(19,20)17-10-6-7-12(15)11(8-10)14(16)18/h2-8,17H,1H3,(H2,16,18). The van der Waals surface area contributed by atoms with Crippen molar-refractivity contribution in [1.82, 2.24) is 0 Å². The van der Waals surface area contributed by atoms with Crippen molar-refractivity contribution < 1.29 is 17.6 Å². The minimum Gasteiger partial charge on any atom is -0.366 e. The van der Waals surface area contributed by atoms with Gasteiger partial charge in [-0.05, 0) is 36.8 Å². The molecule has 0 fully saturated rings. The molecule has 0 radical (unpaired) electrons. The summed E-state index contributed by atoms with van der Waals surface area (Å²) in [5.41, 5.74) is 5.29. The Kier molecular flexibility index (Phi) is 3.95. The van der Waals surface area contributed by atoms with Crippen LogP contribution in [0.25, 0.3) is 0 Å². The smallest absolute Gasteiger partial charge is 0.262 e. The number of rotatable bonds is 4. The van der Waals surface area contributed by atoms with Gasteiger partial charge in [0.2, 0.25) is 0 Å². The molecule has 0 saturated heterocycles. The Morgan fingerprint density at radius 1 is 1.19 bits per heavy atom. The zero-order valence-corrected chi connectivity index (χ0v) is 11.9. The van der Waals surface area contributed by atoms with Gasteiger partial charge in [-0.15, -0.1) is 0 Å². The molecule has 0 aliphatic carbocycles. The van der Waals surface area contributed by atoms with Gasteiger partial charge in [0.1, 0.15) is 5.82 Å². The number of carbonyl (C=O) groups excluding carboxylic acids is 1. The third kappa shape index (κ3) is 3.19. The lowest BCUT2D eigenvalue weighted by Crippen LogP contribution is -2.17. The molecule has 0 bridgehead atoms. The van der Waals surface area contributed by atoms with E-state index in [0.717, 1.165) is 12.1 Å². The second kappa shape index (κ2) is 5.53. The van der Waals surface area contributed by atoms with Crippen LogP contribution in [0.1, 0.15) is 15.9 Å². The van der Waals surface area contributed by atoms with Gasteiger partial charge in [-0.25, -0.2) is 12.8 Å². The van der Waals surface area contributed by atoms with Gasteiger partial charge in [0.05, 0.1) is 10.5 Å². The minimum absolute atomic E-state index is 0.0634. The summed E-state index contributed by atoms with van der Waals surface area (Å²) >= 11 is 0. The highest BCUT2D eigenvalue weighted by atomic mass is 32.2. The van der Waals surface area contributed by atoms with Crippen LogP contribution in [0.5, 0.6) is 0 Å². The van der Waals surface area contributed by atoms with Crippen molar-refractivity contribution in [2.24, 2.45) is 5.73 Å². The summed E-state index contributed by atoms with van der Waals surface area (Å²) < 4.78 is 40.2. The van der Waals surface area contributed by atoms with E-state index in [-0.39, 0.29) is 16.1 Å². The van der Waals surface area contributed by atoms with Crippen LogP contribution in [0, 0.1) is 12.7 Å². The van der Waals surface area contributed by atoms with E-state index < -0.39 is 21.7 Å². The number of hydrogen-bond acceptors (Lipinski definition) is 3. The van der Waals surface area contributed by atoms with Gasteiger partial charge < -0.3 is 5.73 Å². The van der Waals surface area contributed by atoms with Crippen molar-refractivity contribution in [1.29, 1.82) is 0 Å². The fourth-order valence-electron chi connectivity index (χ4n) is 1.85. The zero-order chi connectivity index (χ0) is 15.6. The highest BCUT2D eigenvalue weighted by molar-refractivity contribution is 7.92. The van der Waals surface area contributed by atoms with Gasteiger partial charge in [-0.2, -0.15) is 0 Å². The molecule has 0 unspecified atom stereocenters. The molecule has 5 nitrogen and oxygen atoms in total. The van der Waals surface area contributed by atoms with E-state index in [2.05, 4.69) is 4.72 Å². The largest absolute Gasteiger partial charge is 0.366 e. The van der Waals surface area contributed by atoms with Crippen LogP contribution in [0.3, 0.4) is 0 Å². The Bertz CT molecular complexity index is 804. The molecule has 110 valence electrons. The van der Waals surface area contributed by atoms with E-state index in [0.29, 0.717) is 5.56 Å². The van der Waals surface area contributed by atoms with E-state index in [4.69, 9.17) is 5.73 Å². The number of aryl methyl sites for hydroxylation is 1. The van der Waals surface area contributed by atoms with E-state index >= 15 is 0 Å². The molecule has 2 aromatic rings. The molecule has 0 atom stereocenters. The van der Waals surface area contributed by atoms with Crippen molar-refractivity contribution >= 4 is 21.6 Å². The number of anilines is 1. The van der Waals surface area contributed by atoms with Crippen LogP contribution >= 0.6 is 0 Å². The summed E-state index contributed by atoms with van der Waals surface area (Å²) in [5, 5.41) is 0. The first-order chi connectivity index (χ1) is 9.81. The topological polar surface area (TPSA) is 89.3 Å². The molecule has 2 rings (SSSR count). The number of sulfonamides is 1. The van der Waals surface area contributed by atoms with Crippen molar-refractivity contribution in [3.63, 3.8) is 0 Å². The number of hydrogen-bond donors (Lipinski definition) is 2. The summed E-state index contributed by atoms with van der Waals surface area (Å²) in [6, 6.07) is 9.70. The number of benzene rings is 2. The fourth-order valence-corrected chi connectivity index (χ4v) is 3.14. The third-order valence-electron chi connectivity index (χ3n) is 2.87. The summed E-state index contributed by atoms with van der Waals surface area (Å²) in [4.78, 5) is 11.2. The van der Waals surface area contributed by atoms with Crippen LogP contribution in [-0.2, 0) is 10.0 Å². The third-order valence-corrected chi connectivity index (χ3v) is 4.41. The predicted molar refractivity (Wildman–Crippen MR) is 76.9 cm³/mol. The van der Waals surface area contributed by atoms with Crippen LogP contribution in [-0.4, -0.2) is 14.3 Å². The first-order valence-corrected chi connectivity index (χ1v) is 7.47. The molecule has 0 heterocycles. The Balaban J connectivity index is 2.40. The number of primary amides is 1. The van der Waals surface area contributed by atoms with Crippen LogP contribution < -0.4 is 10.5 Å². The molecule has 3 N–H and O–H groups in total. The number of amides is 1. The van der Waals surface area contributed by atoms with Crippen LogP contribution in [0.4, 0.5) is 10.1 Å². The Hall–Kier alpha value is -2.41. The van der Waals surface area contributed by atoms with Gasteiger partial charge >= 0.3 is 0 Å². The summed E-state index contributed by atoms with van der Waals surface area (Å²) in [7, 11) is -3.82. The van der Waals surface area contributed by atoms with Crippen molar-refractivity contribution in [3.8, 4) is 0 Å². The Labute approximate surface area is 121 Å². The van der Waals surface area contributed by atoms with Crippen LogP contribution in [0.15, 0.2) is 47.4 Å². The van der Waals surface area contributed by atoms with Gasteiger partial charge in [0.25, 0.3) is 15.9 Å². The van der Waals surface area contributed by atoms with Gasteiger partial charge in [0, 0.05) is 5.69 Å². The Morgan fingerprint density at radius 2 is 1.86 bits per heavy atom. The number of nitrogens with one attached hydrogen (secondary N) is 1. The van der Waals surface area contributed by atoms with E-state index in [1.807, 2.05) is 0 Å². The van der Waals surface area contributed by atoms with Crippen molar-refractivity contribution in [2.45, 2.75) is 11.8 Å². The quantitative estimate of drug-likeness (QED) is 0.905. The highest BCUT2D eigenvalue weighted by Gasteiger charge is 2.17. The summed E-state index contributed by atoms with van der Waals surface area (Å²) in [5.74, 6) is -1.77. The van der Waals surface area contributed by atoms with Gasteiger partial charge in [0.15, 0.2) is 0 Å². The molecule has 1 amide bonds. The second-order valence-corrected chi connectivity index (χ2v) is 6.08. The molecule has 21 heavy (non-hydrogen) atoms. The molecular formula is C14H13FN2O3S. The van der Waals surface area contributed by atoms with Gasteiger partial charge in [-0.3, -0.25) is 9.52 Å². The van der Waals surface area contributed by atoms with E-state index in [9.17, 15) is 17.6 Å². The highest BCUT2D eigenvalue weighted by Crippen LogP contribution is 2.21. The fraction of sp³-hybridized carbons (Fsp3) is 0.0714. The SMILES string of the molecule is Cc1ccccc1S(=O)(=O)Nc1ccc(F)c(C(N)=O)c1. The molecule has 0 saturated carbocycles. The predicted octanol–water partition coefficient (Wildman–Crippen LogP) is 2.03. The first kappa shape index (κ1) is 15.0. The maximum atomic E-state index is 13.4. The lowest BCUT2D eigenvalue weighted by Gasteiger charge is -2.11. The molecule has 0 aliphatic rings. The maximum Gasteiger partial charge on any atom is 0.262 e. The average molecular weight is 308 g/mol. The van der Waals surface area contributed by atoms with Gasteiger partial charge in [-0.1, -0.05) is 18.2 Å². The van der Waals surface area contributed by atoms with E-state index in [1.54, 1.807) is 25.1 Å². The maximum absolute atomic E-state index is 13.4. The lowest BCUT2D eigenvalue weighted by molar-refractivity contribution is 0.0996. The van der Waals surface area contributed by atoms with Crippen molar-refractivity contribution in [3.05, 3.63) is 59.4 Å². The minimum atomic E-state index is -3.82. The number of carbonyl (C=O) groups is 1.